The molecule has 1 saturated heterocycles. The van der Waals surface area contributed by atoms with Gasteiger partial charge in [-0.25, -0.2) is 0 Å². The Labute approximate surface area is 102 Å². The van der Waals surface area contributed by atoms with E-state index in [0.29, 0.717) is 6.04 Å². The van der Waals surface area contributed by atoms with Crippen molar-refractivity contribution in [3.05, 3.63) is 35.4 Å². The molecule has 0 radical (unpaired) electrons. The van der Waals surface area contributed by atoms with Gasteiger partial charge in [-0.2, -0.15) is 0 Å². The summed E-state index contributed by atoms with van der Waals surface area (Å²) in [5.74, 6) is 0. The van der Waals surface area contributed by atoms with Crippen molar-refractivity contribution >= 4 is 0 Å². The van der Waals surface area contributed by atoms with Crippen LogP contribution in [0.15, 0.2) is 24.3 Å². The molecule has 2 unspecified atom stereocenters. The summed E-state index contributed by atoms with van der Waals surface area (Å²) >= 11 is 0. The van der Waals surface area contributed by atoms with Gasteiger partial charge < -0.3 is 9.84 Å². The monoisotopic (exact) mass is 233 g/mol. The third-order valence-corrected chi connectivity index (χ3v) is 3.62. The average molecular weight is 233 g/mol. The Hall–Kier alpha value is -0.900. The van der Waals surface area contributed by atoms with Crippen molar-refractivity contribution in [2.45, 2.75) is 38.1 Å². The highest BCUT2D eigenvalue weighted by Gasteiger charge is 2.41. The van der Waals surface area contributed by atoms with E-state index in [1.54, 1.807) is 0 Å². The predicted molar refractivity (Wildman–Crippen MR) is 65.6 cm³/mol. The van der Waals surface area contributed by atoms with Crippen LogP contribution >= 0.6 is 0 Å². The zero-order valence-electron chi connectivity index (χ0n) is 10.2. The summed E-state index contributed by atoms with van der Waals surface area (Å²) in [6.07, 6.45) is 2.55. The maximum Gasteiger partial charge on any atom is 0.137 e. The van der Waals surface area contributed by atoms with Gasteiger partial charge in [0.05, 0.1) is 12.7 Å². The summed E-state index contributed by atoms with van der Waals surface area (Å²) in [6.45, 7) is 3.07. The number of benzene rings is 1. The first-order valence-corrected chi connectivity index (χ1v) is 6.36. The molecule has 2 aliphatic rings. The number of aryl methyl sites for hydroxylation is 1. The van der Waals surface area contributed by atoms with E-state index in [2.05, 4.69) is 36.1 Å². The summed E-state index contributed by atoms with van der Waals surface area (Å²) in [6, 6.07) is 9.17. The van der Waals surface area contributed by atoms with Crippen LogP contribution in [0.3, 0.4) is 0 Å². The summed E-state index contributed by atoms with van der Waals surface area (Å²) in [5, 5.41) is 9.24. The van der Waals surface area contributed by atoms with Crippen molar-refractivity contribution in [3.8, 4) is 0 Å². The second-order valence-electron chi connectivity index (χ2n) is 5.13. The molecule has 2 fully saturated rings. The lowest BCUT2D eigenvalue weighted by atomic mass is 10.1. The van der Waals surface area contributed by atoms with Crippen LogP contribution in [0.4, 0.5) is 0 Å². The van der Waals surface area contributed by atoms with Gasteiger partial charge in [-0.3, -0.25) is 4.90 Å². The Morgan fingerprint density at radius 3 is 2.59 bits per heavy atom. The summed E-state index contributed by atoms with van der Waals surface area (Å²) in [7, 11) is 0. The van der Waals surface area contributed by atoms with Crippen molar-refractivity contribution in [2.75, 3.05) is 13.2 Å². The Bertz CT molecular complexity index is 386. The molecule has 1 aromatic rings. The van der Waals surface area contributed by atoms with E-state index in [1.807, 2.05) is 0 Å². The first-order chi connectivity index (χ1) is 8.28. The lowest BCUT2D eigenvalue weighted by Crippen LogP contribution is -2.27. The largest absolute Gasteiger partial charge is 0.394 e. The van der Waals surface area contributed by atoms with Crippen LogP contribution in [-0.2, 0) is 4.74 Å². The van der Waals surface area contributed by atoms with Crippen LogP contribution in [0.2, 0.25) is 0 Å². The molecule has 1 N–H and O–H groups in total. The van der Waals surface area contributed by atoms with Gasteiger partial charge in [0, 0.05) is 12.6 Å². The Morgan fingerprint density at radius 2 is 2.00 bits per heavy atom. The van der Waals surface area contributed by atoms with E-state index in [0.717, 1.165) is 6.54 Å². The van der Waals surface area contributed by atoms with Crippen LogP contribution in [0, 0.1) is 6.92 Å². The Balaban J connectivity index is 1.82. The summed E-state index contributed by atoms with van der Waals surface area (Å²) in [4.78, 5) is 2.39. The highest BCUT2D eigenvalue weighted by Crippen LogP contribution is 2.39. The minimum atomic E-state index is -0.0260. The Kier molecular flexibility index (Phi) is 2.90. The lowest BCUT2D eigenvalue weighted by Gasteiger charge is -2.22. The van der Waals surface area contributed by atoms with Crippen LogP contribution < -0.4 is 0 Å². The molecular formula is C14H19NO2. The molecule has 1 aliphatic heterocycles. The second kappa shape index (κ2) is 4.41. The summed E-state index contributed by atoms with van der Waals surface area (Å²) in [5.41, 5.74) is 2.47. The standard InChI is InChI=1S/C14H19NO2/c1-10-2-4-11(5-3-10)14-15(12-6-7-12)8-13(9-16)17-14/h2-5,12-14,16H,6-9H2,1H3. The topological polar surface area (TPSA) is 32.7 Å². The average Bonchev–Trinajstić information content (AvgIpc) is 3.10. The number of aliphatic hydroxyl groups excluding tert-OH is 1. The molecule has 0 spiro atoms. The third kappa shape index (κ3) is 2.23. The summed E-state index contributed by atoms with van der Waals surface area (Å²) < 4.78 is 5.93. The van der Waals surface area contributed by atoms with Gasteiger partial charge in [0.15, 0.2) is 0 Å². The van der Waals surface area contributed by atoms with Crippen molar-refractivity contribution in [1.29, 1.82) is 0 Å². The maximum atomic E-state index is 9.24. The fourth-order valence-corrected chi connectivity index (χ4v) is 2.48. The van der Waals surface area contributed by atoms with Crippen molar-refractivity contribution in [2.24, 2.45) is 0 Å². The van der Waals surface area contributed by atoms with Gasteiger partial charge >= 0.3 is 0 Å². The highest BCUT2D eigenvalue weighted by atomic mass is 16.5. The van der Waals surface area contributed by atoms with E-state index in [4.69, 9.17) is 4.74 Å². The Morgan fingerprint density at radius 1 is 1.29 bits per heavy atom. The number of hydrogen-bond donors (Lipinski definition) is 1. The molecule has 0 amide bonds. The molecule has 2 atom stereocenters. The predicted octanol–water partition coefficient (Wildman–Crippen LogP) is 1.85. The third-order valence-electron chi connectivity index (χ3n) is 3.62. The molecule has 92 valence electrons. The molecule has 1 aliphatic carbocycles. The van der Waals surface area contributed by atoms with Crippen molar-refractivity contribution < 1.29 is 9.84 Å². The maximum absolute atomic E-state index is 9.24. The van der Waals surface area contributed by atoms with E-state index < -0.39 is 0 Å². The minimum absolute atomic E-state index is 0.0260. The van der Waals surface area contributed by atoms with E-state index >= 15 is 0 Å². The van der Waals surface area contributed by atoms with Crippen molar-refractivity contribution in [3.63, 3.8) is 0 Å². The number of ether oxygens (including phenoxy) is 1. The zero-order chi connectivity index (χ0) is 11.8. The van der Waals surface area contributed by atoms with Gasteiger partial charge in [-0.15, -0.1) is 0 Å². The first kappa shape index (κ1) is 11.2. The number of aliphatic hydroxyl groups is 1. The molecule has 17 heavy (non-hydrogen) atoms. The molecule has 1 heterocycles. The molecule has 0 aromatic heterocycles. The molecule has 0 bridgehead atoms. The minimum Gasteiger partial charge on any atom is -0.394 e. The molecule has 1 aromatic carbocycles. The first-order valence-electron chi connectivity index (χ1n) is 6.36. The zero-order valence-corrected chi connectivity index (χ0v) is 10.2. The van der Waals surface area contributed by atoms with Crippen LogP contribution in [0.5, 0.6) is 0 Å². The van der Waals surface area contributed by atoms with E-state index in [1.165, 1.54) is 24.0 Å². The van der Waals surface area contributed by atoms with Gasteiger partial charge in [0.2, 0.25) is 0 Å². The molecule has 3 nitrogen and oxygen atoms in total. The van der Waals surface area contributed by atoms with E-state index in [-0.39, 0.29) is 18.9 Å². The van der Waals surface area contributed by atoms with Crippen molar-refractivity contribution in [1.82, 2.24) is 4.90 Å². The fraction of sp³-hybridized carbons (Fsp3) is 0.571. The molecule has 1 saturated carbocycles. The van der Waals surface area contributed by atoms with Gasteiger partial charge in [0.25, 0.3) is 0 Å². The van der Waals surface area contributed by atoms with Gasteiger partial charge in [-0.1, -0.05) is 29.8 Å². The number of hydrogen-bond acceptors (Lipinski definition) is 3. The van der Waals surface area contributed by atoms with E-state index in [9.17, 15) is 5.11 Å². The van der Waals surface area contributed by atoms with Crippen LogP contribution in [0.25, 0.3) is 0 Å². The van der Waals surface area contributed by atoms with Crippen LogP contribution in [0.1, 0.15) is 30.2 Å². The van der Waals surface area contributed by atoms with Gasteiger partial charge in [0.1, 0.15) is 6.23 Å². The smallest absolute Gasteiger partial charge is 0.137 e. The second-order valence-corrected chi connectivity index (χ2v) is 5.13. The van der Waals surface area contributed by atoms with Gasteiger partial charge in [-0.05, 0) is 25.3 Å². The van der Waals surface area contributed by atoms with Crippen LogP contribution in [-0.4, -0.2) is 35.3 Å². The normalized spacial score (nSPS) is 29.8. The SMILES string of the molecule is Cc1ccc(C2OC(CO)CN2C2CC2)cc1. The molecular weight excluding hydrogens is 214 g/mol. The highest BCUT2D eigenvalue weighted by molar-refractivity contribution is 5.24. The number of rotatable bonds is 3. The quantitative estimate of drug-likeness (QED) is 0.865. The number of nitrogens with zero attached hydrogens (tertiary/aromatic N) is 1. The fourth-order valence-electron chi connectivity index (χ4n) is 2.48. The lowest BCUT2D eigenvalue weighted by molar-refractivity contribution is -0.0216. The molecule has 3 heteroatoms. The molecule has 3 rings (SSSR count).